The third-order valence-corrected chi connectivity index (χ3v) is 5.21. The van der Waals surface area contributed by atoms with Gasteiger partial charge in [-0.25, -0.2) is 0 Å². The van der Waals surface area contributed by atoms with E-state index in [4.69, 9.17) is 13.9 Å². The second-order valence-corrected chi connectivity index (χ2v) is 7.43. The first-order valence-electron chi connectivity index (χ1n) is 9.50. The quantitative estimate of drug-likeness (QED) is 0.295. The summed E-state index contributed by atoms with van der Waals surface area (Å²) in [6.07, 6.45) is -6.87. The van der Waals surface area contributed by atoms with E-state index in [1.54, 1.807) is 0 Å². The zero-order chi connectivity index (χ0) is 23.3. The molecule has 0 spiro atoms. The molecule has 1 saturated heterocycles. The minimum atomic E-state index is -1.64. The molecular weight excluding hydrogens is 428 g/mol. The van der Waals surface area contributed by atoms with E-state index >= 15 is 0 Å². The molecular formula is C21H20O11. The average molecular weight is 448 g/mol. The first-order chi connectivity index (χ1) is 15.1. The molecule has 0 bridgehead atoms. The summed E-state index contributed by atoms with van der Waals surface area (Å²) in [7, 11) is 0. The molecule has 11 nitrogen and oxygen atoms in total. The summed E-state index contributed by atoms with van der Waals surface area (Å²) in [4.78, 5) is 12.5. The fourth-order valence-electron chi connectivity index (χ4n) is 3.46. The van der Waals surface area contributed by atoms with E-state index in [1.165, 1.54) is 19.1 Å². The molecule has 1 fully saturated rings. The summed E-state index contributed by atoms with van der Waals surface area (Å²) in [6.45, 7) is 1.46. The third-order valence-electron chi connectivity index (χ3n) is 5.21. The van der Waals surface area contributed by atoms with E-state index in [9.17, 15) is 40.5 Å². The topological polar surface area (TPSA) is 190 Å². The van der Waals surface area contributed by atoms with Gasteiger partial charge >= 0.3 is 0 Å². The van der Waals surface area contributed by atoms with Gasteiger partial charge in [0.2, 0.25) is 17.5 Å². The van der Waals surface area contributed by atoms with Crippen LogP contribution in [0.1, 0.15) is 6.92 Å². The van der Waals surface area contributed by atoms with E-state index < -0.39 is 53.4 Å². The number of fused-ring (bicyclic) bond motifs is 1. The smallest absolute Gasteiger partial charge is 0.238 e. The van der Waals surface area contributed by atoms with E-state index in [0.29, 0.717) is 0 Å². The van der Waals surface area contributed by atoms with E-state index in [-0.39, 0.29) is 33.8 Å². The third kappa shape index (κ3) is 3.56. The number of benzene rings is 2. The van der Waals surface area contributed by atoms with Gasteiger partial charge in [0.25, 0.3) is 0 Å². The Morgan fingerprint density at radius 3 is 2.34 bits per heavy atom. The summed E-state index contributed by atoms with van der Waals surface area (Å²) in [5, 5.41) is 69.6. The van der Waals surface area contributed by atoms with E-state index in [2.05, 4.69) is 0 Å². The van der Waals surface area contributed by atoms with Gasteiger partial charge in [-0.1, -0.05) is 0 Å². The number of aromatic hydroxyl groups is 4. The van der Waals surface area contributed by atoms with Crippen molar-refractivity contribution in [1.82, 2.24) is 0 Å². The SMILES string of the molecule is CC1OC(Oc2cc(-c3oc4cc(O)cc(O)c4c(=O)c3O)ccc2O)C(O)C(O)C1O. The number of hydrogen-bond acceptors (Lipinski definition) is 11. The van der Waals surface area contributed by atoms with Crippen molar-refractivity contribution in [2.24, 2.45) is 0 Å². The molecule has 1 aliphatic heterocycles. The van der Waals surface area contributed by atoms with Gasteiger partial charge in [-0.2, -0.15) is 0 Å². The normalized spacial score (nSPS) is 25.7. The highest BCUT2D eigenvalue weighted by Gasteiger charge is 2.43. The van der Waals surface area contributed by atoms with Crippen LogP contribution in [0.4, 0.5) is 0 Å². The van der Waals surface area contributed by atoms with Gasteiger partial charge in [-0.3, -0.25) is 4.79 Å². The van der Waals surface area contributed by atoms with Crippen LogP contribution < -0.4 is 10.2 Å². The lowest BCUT2D eigenvalue weighted by Crippen LogP contribution is -2.58. The Labute approximate surface area is 179 Å². The van der Waals surface area contributed by atoms with Crippen molar-refractivity contribution in [2.45, 2.75) is 37.6 Å². The molecule has 1 aliphatic rings. The Morgan fingerprint density at radius 1 is 0.906 bits per heavy atom. The second-order valence-electron chi connectivity index (χ2n) is 7.43. The maximum Gasteiger partial charge on any atom is 0.238 e. The van der Waals surface area contributed by atoms with Crippen molar-refractivity contribution < 1.29 is 49.6 Å². The molecule has 2 heterocycles. The number of aliphatic hydroxyl groups excluding tert-OH is 3. The van der Waals surface area contributed by atoms with Crippen LogP contribution in [0.3, 0.4) is 0 Å². The van der Waals surface area contributed by atoms with Crippen molar-refractivity contribution in [1.29, 1.82) is 0 Å². The summed E-state index contributed by atoms with van der Waals surface area (Å²) in [6, 6.07) is 5.65. The number of rotatable bonds is 3. The fourth-order valence-corrected chi connectivity index (χ4v) is 3.46. The summed E-state index contributed by atoms with van der Waals surface area (Å²) in [5.74, 6) is -2.77. The van der Waals surface area contributed by atoms with Gasteiger partial charge < -0.3 is 49.6 Å². The highest BCUT2D eigenvalue weighted by molar-refractivity contribution is 5.88. The van der Waals surface area contributed by atoms with Gasteiger partial charge in [0.05, 0.1) is 6.10 Å². The van der Waals surface area contributed by atoms with Crippen LogP contribution in [0, 0.1) is 0 Å². The standard InChI is InChI=1S/C21H20O11/c1-7-15(25)17(27)19(29)21(30-7)32-12-4-8(2-3-10(12)23)20-18(28)16(26)14-11(24)5-9(22)6-13(14)31-20/h2-7,15,17,19,21-25,27-29H,1H3. The lowest BCUT2D eigenvalue weighted by Gasteiger charge is -2.38. The molecule has 1 aromatic heterocycles. The second kappa shape index (κ2) is 7.88. The van der Waals surface area contributed by atoms with Crippen LogP contribution in [0.2, 0.25) is 0 Å². The molecule has 3 aromatic rings. The van der Waals surface area contributed by atoms with E-state index in [0.717, 1.165) is 18.2 Å². The van der Waals surface area contributed by atoms with Crippen molar-refractivity contribution >= 4 is 11.0 Å². The first-order valence-corrected chi connectivity index (χ1v) is 9.50. The molecule has 7 N–H and O–H groups in total. The highest BCUT2D eigenvalue weighted by Crippen LogP contribution is 2.39. The van der Waals surface area contributed by atoms with Crippen LogP contribution in [0.15, 0.2) is 39.5 Å². The molecule has 11 heteroatoms. The van der Waals surface area contributed by atoms with Crippen molar-refractivity contribution in [3.8, 4) is 40.1 Å². The van der Waals surface area contributed by atoms with Crippen LogP contribution in [0.5, 0.6) is 28.7 Å². The zero-order valence-electron chi connectivity index (χ0n) is 16.5. The Kier molecular flexibility index (Phi) is 5.34. The number of phenols is 3. The van der Waals surface area contributed by atoms with Crippen LogP contribution in [0.25, 0.3) is 22.3 Å². The lowest BCUT2D eigenvalue weighted by atomic mass is 10.00. The van der Waals surface area contributed by atoms with Gasteiger partial charge in [0.15, 0.2) is 17.3 Å². The molecule has 0 saturated carbocycles. The molecule has 0 amide bonds. The van der Waals surface area contributed by atoms with Gasteiger partial charge in [-0.15, -0.1) is 0 Å². The van der Waals surface area contributed by atoms with Crippen LogP contribution >= 0.6 is 0 Å². The Balaban J connectivity index is 1.76. The predicted octanol–water partition coefficient (Wildman–Crippen LogP) is 0.489. The number of aliphatic hydroxyl groups is 3. The van der Waals surface area contributed by atoms with Gasteiger partial charge in [0, 0.05) is 17.7 Å². The Bertz CT molecular complexity index is 1230. The maximum atomic E-state index is 12.5. The highest BCUT2D eigenvalue weighted by atomic mass is 16.7. The van der Waals surface area contributed by atoms with Gasteiger partial charge in [0.1, 0.15) is 40.8 Å². The first kappa shape index (κ1) is 21.7. The Morgan fingerprint density at radius 2 is 1.62 bits per heavy atom. The molecule has 5 atom stereocenters. The van der Waals surface area contributed by atoms with Crippen molar-refractivity contribution in [3.05, 3.63) is 40.6 Å². The largest absolute Gasteiger partial charge is 0.508 e. The zero-order valence-corrected chi connectivity index (χ0v) is 16.5. The molecule has 32 heavy (non-hydrogen) atoms. The summed E-state index contributed by atoms with van der Waals surface area (Å²) >= 11 is 0. The summed E-state index contributed by atoms with van der Waals surface area (Å²) in [5.41, 5.74) is -1.09. The minimum Gasteiger partial charge on any atom is -0.508 e. The molecule has 0 radical (unpaired) electrons. The molecule has 2 aromatic carbocycles. The molecule has 4 rings (SSSR count). The number of phenolic OH excluding ortho intramolecular Hbond substituents is 3. The average Bonchev–Trinajstić information content (AvgIpc) is 2.74. The molecule has 170 valence electrons. The lowest BCUT2D eigenvalue weighted by molar-refractivity contribution is -0.268. The predicted molar refractivity (Wildman–Crippen MR) is 108 cm³/mol. The van der Waals surface area contributed by atoms with Crippen LogP contribution in [-0.4, -0.2) is 66.5 Å². The number of ether oxygens (including phenoxy) is 2. The van der Waals surface area contributed by atoms with Crippen LogP contribution in [-0.2, 0) is 4.74 Å². The minimum absolute atomic E-state index is 0.0658. The Hall–Kier alpha value is -3.51. The van der Waals surface area contributed by atoms with Crippen molar-refractivity contribution in [3.63, 3.8) is 0 Å². The van der Waals surface area contributed by atoms with Gasteiger partial charge in [-0.05, 0) is 25.1 Å². The molecule has 5 unspecified atom stereocenters. The van der Waals surface area contributed by atoms with E-state index in [1.807, 2.05) is 0 Å². The fraction of sp³-hybridized carbons (Fsp3) is 0.286. The maximum absolute atomic E-state index is 12.5. The molecule has 0 aliphatic carbocycles. The number of hydrogen-bond donors (Lipinski definition) is 7. The summed E-state index contributed by atoms with van der Waals surface area (Å²) < 4.78 is 16.3. The van der Waals surface area contributed by atoms with Crippen molar-refractivity contribution in [2.75, 3.05) is 0 Å². The monoisotopic (exact) mass is 448 g/mol.